The largest absolute Gasteiger partial charge is 0.493 e. The number of para-hydroxylation sites is 2. The number of halogens is 2. The summed E-state index contributed by atoms with van der Waals surface area (Å²) in [5.74, 6) is 1.20. The fourth-order valence-electron chi connectivity index (χ4n) is 3.73. The minimum absolute atomic E-state index is 0.181. The Hall–Kier alpha value is -3.15. The van der Waals surface area contributed by atoms with Gasteiger partial charge in [0.1, 0.15) is 0 Å². The highest BCUT2D eigenvalue weighted by molar-refractivity contribution is 6.43. The first-order chi connectivity index (χ1) is 15.5. The molecule has 0 bridgehead atoms. The van der Waals surface area contributed by atoms with Crippen molar-refractivity contribution in [3.05, 3.63) is 88.0 Å². The Kier molecular flexibility index (Phi) is 6.58. The predicted octanol–water partition coefficient (Wildman–Crippen LogP) is 5.86. The van der Waals surface area contributed by atoms with Gasteiger partial charge in [0.05, 0.1) is 41.2 Å². The third-order valence-corrected chi connectivity index (χ3v) is 5.89. The number of methoxy groups -OCH3 is 2. The van der Waals surface area contributed by atoms with Gasteiger partial charge in [-0.2, -0.15) is 0 Å². The van der Waals surface area contributed by atoms with Gasteiger partial charge in [0.25, 0.3) is 5.91 Å². The van der Waals surface area contributed by atoms with E-state index >= 15 is 0 Å². The summed E-state index contributed by atoms with van der Waals surface area (Å²) in [6, 6.07) is 18.6. The molecule has 0 fully saturated rings. The molecule has 0 radical (unpaired) electrons. The molecule has 0 aromatic heterocycles. The maximum atomic E-state index is 13.4. The molecule has 1 aliphatic rings. The van der Waals surface area contributed by atoms with Gasteiger partial charge in [0, 0.05) is 18.3 Å². The topological polar surface area (TPSA) is 50.8 Å². The fourth-order valence-corrected chi connectivity index (χ4v) is 4.30. The van der Waals surface area contributed by atoms with Gasteiger partial charge in [-0.15, -0.1) is 0 Å². The summed E-state index contributed by atoms with van der Waals surface area (Å²) in [5.41, 5.74) is 3.72. The second kappa shape index (κ2) is 9.55. The van der Waals surface area contributed by atoms with E-state index in [9.17, 15) is 4.79 Å². The van der Waals surface area contributed by atoms with Crippen molar-refractivity contribution in [2.45, 2.75) is 6.42 Å². The Bertz CT molecular complexity index is 1170. The average Bonchev–Trinajstić information content (AvgIpc) is 3.08. The summed E-state index contributed by atoms with van der Waals surface area (Å²) >= 11 is 12.8. The van der Waals surface area contributed by atoms with Crippen molar-refractivity contribution < 1.29 is 14.3 Å². The van der Waals surface area contributed by atoms with Gasteiger partial charge in [-0.05, 0) is 42.3 Å². The molecule has 0 saturated carbocycles. The first-order valence-electron chi connectivity index (χ1n) is 10.1. The number of fused-ring (bicyclic) bond motifs is 1. The summed E-state index contributed by atoms with van der Waals surface area (Å²) in [6.07, 6.45) is 2.51. The molecule has 0 atom stereocenters. The van der Waals surface area contributed by atoms with Gasteiger partial charge < -0.3 is 14.8 Å². The molecule has 1 heterocycles. The van der Waals surface area contributed by atoms with E-state index in [-0.39, 0.29) is 5.91 Å². The molecule has 0 aliphatic carbocycles. The predicted molar refractivity (Wildman–Crippen MR) is 129 cm³/mol. The third-order valence-electron chi connectivity index (χ3n) is 5.28. The first-order valence-corrected chi connectivity index (χ1v) is 10.8. The van der Waals surface area contributed by atoms with Crippen molar-refractivity contribution >= 4 is 46.1 Å². The van der Waals surface area contributed by atoms with Gasteiger partial charge in [0.15, 0.2) is 11.5 Å². The minimum Gasteiger partial charge on any atom is -0.493 e. The molecule has 0 saturated heterocycles. The number of amides is 1. The number of nitrogens with zero attached hydrogens (tertiary/aromatic N) is 1. The van der Waals surface area contributed by atoms with Crippen LogP contribution in [0, 0.1) is 0 Å². The molecule has 3 aromatic carbocycles. The monoisotopic (exact) mass is 468 g/mol. The van der Waals surface area contributed by atoms with Crippen LogP contribution in [0.3, 0.4) is 0 Å². The molecule has 5 nitrogen and oxygen atoms in total. The SMILES string of the molecule is COc1ccc(CCNC=C2C(=O)N(c3c(Cl)cccc3Cl)c3ccccc32)cc1OC. The van der Waals surface area contributed by atoms with Crippen molar-refractivity contribution in [1.82, 2.24) is 5.32 Å². The van der Waals surface area contributed by atoms with Crippen LogP contribution in [0.5, 0.6) is 11.5 Å². The van der Waals surface area contributed by atoms with Crippen molar-refractivity contribution in [2.75, 3.05) is 25.7 Å². The van der Waals surface area contributed by atoms with Crippen molar-refractivity contribution in [3.8, 4) is 11.5 Å². The van der Waals surface area contributed by atoms with Crippen LogP contribution in [0.2, 0.25) is 10.0 Å². The van der Waals surface area contributed by atoms with E-state index < -0.39 is 0 Å². The normalized spacial score (nSPS) is 13.9. The maximum absolute atomic E-state index is 13.4. The lowest BCUT2D eigenvalue weighted by Gasteiger charge is -2.20. The summed E-state index contributed by atoms with van der Waals surface area (Å²) < 4.78 is 10.6. The number of rotatable bonds is 7. The quantitative estimate of drug-likeness (QED) is 0.348. The van der Waals surface area contributed by atoms with E-state index in [2.05, 4.69) is 5.32 Å². The van der Waals surface area contributed by atoms with Gasteiger partial charge in [0.2, 0.25) is 0 Å². The number of carbonyl (C=O) groups excluding carboxylic acids is 1. The second-order valence-corrected chi connectivity index (χ2v) is 7.99. The van der Waals surface area contributed by atoms with Crippen molar-refractivity contribution in [1.29, 1.82) is 0 Å². The lowest BCUT2D eigenvalue weighted by atomic mass is 10.1. The Morgan fingerprint density at radius 2 is 1.66 bits per heavy atom. The van der Waals surface area contributed by atoms with Gasteiger partial charge in [-0.3, -0.25) is 9.69 Å². The Morgan fingerprint density at radius 3 is 2.38 bits per heavy atom. The molecule has 3 aromatic rings. The average molecular weight is 469 g/mol. The zero-order chi connectivity index (χ0) is 22.7. The Labute approximate surface area is 197 Å². The third kappa shape index (κ3) is 4.14. The zero-order valence-corrected chi connectivity index (χ0v) is 19.2. The van der Waals surface area contributed by atoms with Crippen LogP contribution >= 0.6 is 23.2 Å². The van der Waals surface area contributed by atoms with Crippen LogP contribution in [0.25, 0.3) is 5.57 Å². The summed E-state index contributed by atoms with van der Waals surface area (Å²) in [6.45, 7) is 0.640. The number of carbonyl (C=O) groups is 1. The molecule has 0 unspecified atom stereocenters. The van der Waals surface area contributed by atoms with E-state index in [1.54, 1.807) is 43.5 Å². The van der Waals surface area contributed by atoms with E-state index in [1.165, 1.54) is 0 Å². The molecule has 32 heavy (non-hydrogen) atoms. The van der Waals surface area contributed by atoms with Crippen LogP contribution < -0.4 is 19.7 Å². The summed E-state index contributed by atoms with van der Waals surface area (Å²) in [4.78, 5) is 14.9. The zero-order valence-electron chi connectivity index (χ0n) is 17.7. The number of anilines is 2. The van der Waals surface area contributed by atoms with Crippen LogP contribution in [-0.2, 0) is 11.2 Å². The molecule has 7 heteroatoms. The van der Waals surface area contributed by atoms with E-state index in [0.29, 0.717) is 39.3 Å². The van der Waals surface area contributed by atoms with Gasteiger partial charge in [-0.1, -0.05) is 53.5 Å². The maximum Gasteiger partial charge on any atom is 0.265 e. The van der Waals surface area contributed by atoms with Crippen molar-refractivity contribution in [3.63, 3.8) is 0 Å². The van der Waals surface area contributed by atoms with E-state index in [4.69, 9.17) is 32.7 Å². The van der Waals surface area contributed by atoms with Gasteiger partial charge >= 0.3 is 0 Å². The van der Waals surface area contributed by atoms with Gasteiger partial charge in [-0.25, -0.2) is 0 Å². The molecule has 164 valence electrons. The molecule has 1 N–H and O–H groups in total. The highest BCUT2D eigenvalue weighted by Gasteiger charge is 2.35. The van der Waals surface area contributed by atoms with Crippen LogP contribution in [0.1, 0.15) is 11.1 Å². The second-order valence-electron chi connectivity index (χ2n) is 7.18. The van der Waals surface area contributed by atoms with Crippen LogP contribution in [0.4, 0.5) is 11.4 Å². The Morgan fingerprint density at radius 1 is 0.938 bits per heavy atom. The molecule has 0 spiro atoms. The number of benzene rings is 3. The van der Waals surface area contributed by atoms with Crippen LogP contribution in [-0.4, -0.2) is 26.7 Å². The van der Waals surface area contributed by atoms with Crippen molar-refractivity contribution in [2.24, 2.45) is 0 Å². The molecular formula is C25H22Cl2N2O3. The number of hydrogen-bond donors (Lipinski definition) is 1. The number of nitrogens with one attached hydrogen (secondary N) is 1. The Balaban J connectivity index is 1.55. The highest BCUT2D eigenvalue weighted by atomic mass is 35.5. The lowest BCUT2D eigenvalue weighted by molar-refractivity contribution is -0.112. The molecule has 4 rings (SSSR count). The number of ether oxygens (including phenoxy) is 2. The smallest absolute Gasteiger partial charge is 0.265 e. The van der Waals surface area contributed by atoms with E-state index in [0.717, 1.165) is 23.2 Å². The standard InChI is InChI=1S/C25H22Cl2N2O3/c1-31-22-11-10-16(14-23(22)32-2)12-13-28-15-18-17-6-3-4-9-21(17)29(25(18)30)24-19(26)7-5-8-20(24)27/h3-11,14-15,28H,12-13H2,1-2H3. The fraction of sp³-hybridized carbons (Fsp3) is 0.160. The van der Waals surface area contributed by atoms with Crippen LogP contribution in [0.15, 0.2) is 66.9 Å². The first kappa shape index (κ1) is 22.1. The minimum atomic E-state index is -0.181. The number of hydrogen-bond acceptors (Lipinski definition) is 4. The summed E-state index contributed by atoms with van der Waals surface area (Å²) in [7, 11) is 3.23. The highest BCUT2D eigenvalue weighted by Crippen LogP contribution is 2.46. The molecule has 1 amide bonds. The molecule has 1 aliphatic heterocycles. The van der Waals surface area contributed by atoms with E-state index in [1.807, 2.05) is 42.5 Å². The lowest BCUT2D eigenvalue weighted by Crippen LogP contribution is -2.22. The molecular weight excluding hydrogens is 447 g/mol. The summed E-state index contributed by atoms with van der Waals surface area (Å²) in [5, 5.41) is 4.11.